The number of aryl methyl sites for hydroxylation is 1. The summed E-state index contributed by atoms with van der Waals surface area (Å²) in [6.07, 6.45) is 5.13. The first-order valence-corrected chi connectivity index (χ1v) is 9.46. The van der Waals surface area contributed by atoms with Crippen molar-refractivity contribution in [1.82, 2.24) is 19.3 Å². The van der Waals surface area contributed by atoms with E-state index in [9.17, 15) is 4.79 Å². The molecule has 7 heteroatoms. The lowest BCUT2D eigenvalue weighted by atomic mass is 10.2. The number of nitrogens with zero attached hydrogens (tertiary/aromatic N) is 4. The number of rotatable bonds is 7. The van der Waals surface area contributed by atoms with Crippen molar-refractivity contribution < 1.29 is 4.74 Å². The molecule has 0 fully saturated rings. The first kappa shape index (κ1) is 19.2. The van der Waals surface area contributed by atoms with Gasteiger partial charge in [-0.05, 0) is 50.6 Å². The van der Waals surface area contributed by atoms with Crippen LogP contribution in [0.25, 0.3) is 17.1 Å². The average molecular weight is 387 g/mol. The Morgan fingerprint density at radius 1 is 1.19 bits per heavy atom. The van der Waals surface area contributed by atoms with Crippen molar-refractivity contribution in [2.45, 2.75) is 46.3 Å². The van der Waals surface area contributed by atoms with E-state index in [0.717, 1.165) is 18.6 Å². The molecule has 6 nitrogen and oxygen atoms in total. The normalized spacial score (nSPS) is 11.1. The molecule has 142 valence electrons. The summed E-state index contributed by atoms with van der Waals surface area (Å²) < 4.78 is 8.76. The second-order valence-electron chi connectivity index (χ2n) is 6.53. The van der Waals surface area contributed by atoms with E-state index in [1.54, 1.807) is 23.0 Å². The molecule has 27 heavy (non-hydrogen) atoms. The van der Waals surface area contributed by atoms with Crippen LogP contribution >= 0.6 is 11.6 Å². The van der Waals surface area contributed by atoms with Gasteiger partial charge < -0.3 is 4.74 Å². The van der Waals surface area contributed by atoms with E-state index >= 15 is 0 Å². The minimum Gasteiger partial charge on any atom is -0.491 e. The fraction of sp³-hybridized carbons (Fsp3) is 0.350. The SMILES string of the molecule is CCCCn1nc(-c2ccncc2Cl)n(-c2ccc(OC(C)C)cc2)c1=O. The molecule has 0 saturated carbocycles. The Kier molecular flexibility index (Phi) is 5.96. The van der Waals surface area contributed by atoms with Gasteiger partial charge in [0.25, 0.3) is 0 Å². The molecule has 0 aliphatic rings. The molecule has 2 aromatic heterocycles. The van der Waals surface area contributed by atoms with Crippen LogP contribution < -0.4 is 10.4 Å². The second kappa shape index (κ2) is 8.39. The molecule has 0 amide bonds. The molecule has 3 rings (SSSR count). The summed E-state index contributed by atoms with van der Waals surface area (Å²) in [6, 6.07) is 9.17. The van der Waals surface area contributed by atoms with Crippen LogP contribution in [0.1, 0.15) is 33.6 Å². The molecule has 2 heterocycles. The number of pyridine rings is 1. The van der Waals surface area contributed by atoms with E-state index in [2.05, 4.69) is 17.0 Å². The molecule has 0 atom stereocenters. The van der Waals surface area contributed by atoms with E-state index < -0.39 is 0 Å². The summed E-state index contributed by atoms with van der Waals surface area (Å²) in [5.41, 5.74) is 1.19. The third-order valence-electron chi connectivity index (χ3n) is 4.04. The first-order valence-electron chi connectivity index (χ1n) is 9.08. The van der Waals surface area contributed by atoms with Gasteiger partial charge in [-0.3, -0.25) is 4.98 Å². The molecule has 0 saturated heterocycles. The van der Waals surface area contributed by atoms with E-state index in [1.165, 1.54) is 4.68 Å². The number of hydrogen-bond acceptors (Lipinski definition) is 4. The topological polar surface area (TPSA) is 61.9 Å². The van der Waals surface area contributed by atoms with Gasteiger partial charge in [0, 0.05) is 24.5 Å². The maximum Gasteiger partial charge on any atom is 0.350 e. The highest BCUT2D eigenvalue weighted by Crippen LogP contribution is 2.27. The van der Waals surface area contributed by atoms with Crippen molar-refractivity contribution >= 4 is 11.6 Å². The summed E-state index contributed by atoms with van der Waals surface area (Å²) in [5, 5.41) is 5.00. The number of hydrogen-bond donors (Lipinski definition) is 0. The third kappa shape index (κ3) is 4.22. The van der Waals surface area contributed by atoms with Gasteiger partial charge in [-0.1, -0.05) is 24.9 Å². The van der Waals surface area contributed by atoms with Gasteiger partial charge in [-0.15, -0.1) is 5.10 Å². The predicted octanol–water partition coefficient (Wildman–Crippen LogP) is 4.34. The van der Waals surface area contributed by atoms with Crippen LogP contribution in [0.15, 0.2) is 47.5 Å². The van der Waals surface area contributed by atoms with Crippen molar-refractivity contribution in [2.75, 3.05) is 0 Å². The van der Waals surface area contributed by atoms with Crippen LogP contribution in [-0.2, 0) is 6.54 Å². The van der Waals surface area contributed by atoms with Crippen molar-refractivity contribution in [3.05, 3.63) is 58.2 Å². The minimum atomic E-state index is -0.191. The molecular formula is C20H23ClN4O2. The van der Waals surface area contributed by atoms with Crippen LogP contribution in [0, 0.1) is 0 Å². The summed E-state index contributed by atoms with van der Waals surface area (Å²) in [5.74, 6) is 1.25. The monoisotopic (exact) mass is 386 g/mol. The van der Waals surface area contributed by atoms with E-state index in [-0.39, 0.29) is 11.8 Å². The summed E-state index contributed by atoms with van der Waals surface area (Å²) >= 11 is 6.32. The highest BCUT2D eigenvalue weighted by Gasteiger charge is 2.18. The zero-order valence-electron chi connectivity index (χ0n) is 15.7. The molecule has 3 aromatic rings. The first-order chi connectivity index (χ1) is 13.0. The summed E-state index contributed by atoms with van der Waals surface area (Å²) in [7, 11) is 0. The molecule has 0 aliphatic carbocycles. The summed E-state index contributed by atoms with van der Waals surface area (Å²) in [4.78, 5) is 17.0. The lowest BCUT2D eigenvalue weighted by Crippen LogP contribution is -2.24. The van der Waals surface area contributed by atoms with Gasteiger partial charge in [0.15, 0.2) is 5.82 Å². The molecule has 0 N–H and O–H groups in total. The van der Waals surface area contributed by atoms with Crippen LogP contribution in [0.2, 0.25) is 5.02 Å². The second-order valence-corrected chi connectivity index (χ2v) is 6.94. The highest BCUT2D eigenvalue weighted by molar-refractivity contribution is 6.33. The zero-order chi connectivity index (χ0) is 19.4. The molecule has 0 unspecified atom stereocenters. The van der Waals surface area contributed by atoms with Crippen LogP contribution in [0.4, 0.5) is 0 Å². The fourth-order valence-electron chi connectivity index (χ4n) is 2.77. The number of aromatic nitrogens is 4. The highest BCUT2D eigenvalue weighted by atomic mass is 35.5. The fourth-order valence-corrected chi connectivity index (χ4v) is 2.97. The van der Waals surface area contributed by atoms with Crippen molar-refractivity contribution in [3.63, 3.8) is 0 Å². The Hall–Kier alpha value is -2.60. The number of unbranched alkanes of at least 4 members (excludes halogenated alkanes) is 1. The Morgan fingerprint density at radius 3 is 2.56 bits per heavy atom. The van der Waals surface area contributed by atoms with Crippen LogP contribution in [0.3, 0.4) is 0 Å². The molecular weight excluding hydrogens is 364 g/mol. The Bertz CT molecular complexity index is 961. The number of halogens is 1. The lowest BCUT2D eigenvalue weighted by Gasteiger charge is -2.11. The Labute approximate surface area is 163 Å². The van der Waals surface area contributed by atoms with Crippen LogP contribution in [0.5, 0.6) is 5.75 Å². The number of benzene rings is 1. The van der Waals surface area contributed by atoms with Crippen molar-refractivity contribution in [1.29, 1.82) is 0 Å². The molecule has 1 aromatic carbocycles. The van der Waals surface area contributed by atoms with Gasteiger partial charge in [0.1, 0.15) is 5.75 Å². The van der Waals surface area contributed by atoms with Gasteiger partial charge >= 0.3 is 5.69 Å². The quantitative estimate of drug-likeness (QED) is 0.606. The van der Waals surface area contributed by atoms with Gasteiger partial charge in [0.2, 0.25) is 0 Å². The predicted molar refractivity (Wildman–Crippen MR) is 107 cm³/mol. The summed E-state index contributed by atoms with van der Waals surface area (Å²) in [6.45, 7) is 6.59. The van der Waals surface area contributed by atoms with E-state index in [4.69, 9.17) is 16.3 Å². The minimum absolute atomic E-state index is 0.0848. The molecule has 0 radical (unpaired) electrons. The van der Waals surface area contributed by atoms with E-state index in [1.807, 2.05) is 38.1 Å². The third-order valence-corrected chi connectivity index (χ3v) is 4.34. The van der Waals surface area contributed by atoms with Gasteiger partial charge in [-0.25, -0.2) is 14.0 Å². The van der Waals surface area contributed by atoms with Crippen LogP contribution in [-0.4, -0.2) is 25.4 Å². The van der Waals surface area contributed by atoms with Crippen molar-refractivity contribution in [3.8, 4) is 22.8 Å². The molecule has 0 spiro atoms. The Balaban J connectivity index is 2.11. The Morgan fingerprint density at radius 2 is 1.93 bits per heavy atom. The maximum atomic E-state index is 13.0. The average Bonchev–Trinajstić information content (AvgIpc) is 2.97. The van der Waals surface area contributed by atoms with Crippen molar-refractivity contribution in [2.24, 2.45) is 0 Å². The largest absolute Gasteiger partial charge is 0.491 e. The standard InChI is InChI=1S/C20H23ClN4O2/c1-4-5-12-24-20(26)25(15-6-8-16(9-7-15)27-14(2)3)19(23-24)17-10-11-22-13-18(17)21/h6-11,13-14H,4-5,12H2,1-3H3. The van der Waals surface area contributed by atoms with E-state index in [0.29, 0.717) is 28.6 Å². The lowest BCUT2D eigenvalue weighted by molar-refractivity contribution is 0.242. The maximum absolute atomic E-state index is 13.0. The smallest absolute Gasteiger partial charge is 0.350 e. The number of ether oxygens (including phenoxy) is 1. The molecule has 0 aliphatic heterocycles. The molecule has 0 bridgehead atoms. The van der Waals surface area contributed by atoms with Gasteiger partial charge in [-0.2, -0.15) is 0 Å². The zero-order valence-corrected chi connectivity index (χ0v) is 16.5. The van der Waals surface area contributed by atoms with Gasteiger partial charge in [0.05, 0.1) is 16.8 Å².